The van der Waals surface area contributed by atoms with Crippen molar-refractivity contribution >= 4 is 29.4 Å². The first-order valence-corrected chi connectivity index (χ1v) is 6.93. The highest BCUT2D eigenvalue weighted by Gasteiger charge is 2.39. The molecule has 0 radical (unpaired) electrons. The van der Waals surface area contributed by atoms with Gasteiger partial charge < -0.3 is 15.2 Å². The highest BCUT2D eigenvalue weighted by Crippen LogP contribution is 2.31. The number of carboxylic acids is 1. The van der Waals surface area contributed by atoms with E-state index in [1.807, 2.05) is 0 Å². The van der Waals surface area contributed by atoms with Gasteiger partial charge >= 0.3 is 12.1 Å². The van der Waals surface area contributed by atoms with Gasteiger partial charge in [0.25, 0.3) is 5.69 Å². The number of nitrogens with one attached hydrogen (secondary N) is 1. The summed E-state index contributed by atoms with van der Waals surface area (Å²) in [6, 6.07) is 3.50. The summed E-state index contributed by atoms with van der Waals surface area (Å²) in [6.45, 7) is 6.07. The monoisotopic (exact) mass is 344 g/mol. The second-order valence-electron chi connectivity index (χ2n) is 5.98. The highest BCUT2D eigenvalue weighted by atomic mass is 35.5. The number of halogens is 1. The van der Waals surface area contributed by atoms with Crippen molar-refractivity contribution in [3.05, 3.63) is 38.9 Å². The molecule has 126 valence electrons. The van der Waals surface area contributed by atoms with Crippen molar-refractivity contribution in [2.45, 2.75) is 38.8 Å². The van der Waals surface area contributed by atoms with Crippen molar-refractivity contribution in [1.82, 2.24) is 5.32 Å². The van der Waals surface area contributed by atoms with E-state index in [0.29, 0.717) is 0 Å². The van der Waals surface area contributed by atoms with Gasteiger partial charge in [-0.05, 0) is 39.3 Å². The Morgan fingerprint density at radius 3 is 2.30 bits per heavy atom. The quantitative estimate of drug-likeness (QED) is 0.640. The van der Waals surface area contributed by atoms with E-state index in [4.69, 9.17) is 16.3 Å². The zero-order chi connectivity index (χ0) is 18.0. The summed E-state index contributed by atoms with van der Waals surface area (Å²) >= 11 is 5.71. The fourth-order valence-electron chi connectivity index (χ4n) is 1.72. The number of benzene rings is 1. The molecule has 8 nitrogen and oxygen atoms in total. The number of amides is 1. The van der Waals surface area contributed by atoms with Gasteiger partial charge in [-0.1, -0.05) is 17.7 Å². The van der Waals surface area contributed by atoms with E-state index in [1.165, 1.54) is 19.1 Å². The van der Waals surface area contributed by atoms with Crippen molar-refractivity contribution in [3.8, 4) is 0 Å². The molecule has 0 fully saturated rings. The minimum absolute atomic E-state index is 0.00745. The molecule has 0 saturated carbocycles. The van der Waals surface area contributed by atoms with Gasteiger partial charge in [-0.3, -0.25) is 10.1 Å². The third kappa shape index (κ3) is 4.56. The van der Waals surface area contributed by atoms with Crippen LogP contribution in [0.2, 0.25) is 5.02 Å². The fourth-order valence-corrected chi connectivity index (χ4v) is 1.91. The number of nitro benzene ring substituents is 1. The van der Waals surface area contributed by atoms with Crippen molar-refractivity contribution in [3.63, 3.8) is 0 Å². The number of carbonyl (C=O) groups excluding carboxylic acids is 1. The number of nitro groups is 1. The Balaban J connectivity index is 3.25. The molecule has 0 saturated heterocycles. The molecule has 2 N–H and O–H groups in total. The van der Waals surface area contributed by atoms with E-state index in [0.717, 1.165) is 6.07 Å². The van der Waals surface area contributed by atoms with E-state index in [1.54, 1.807) is 20.8 Å². The van der Waals surface area contributed by atoms with E-state index in [-0.39, 0.29) is 10.6 Å². The normalized spacial score (nSPS) is 13.8. The summed E-state index contributed by atoms with van der Waals surface area (Å²) in [4.78, 5) is 33.7. The average Bonchev–Trinajstić information content (AvgIpc) is 2.35. The number of aliphatic carboxylic acids is 1. The number of carboxylic acid groups (broad SMARTS) is 1. The molecule has 0 heterocycles. The summed E-state index contributed by atoms with van der Waals surface area (Å²) in [5.41, 5.74) is -3.21. The maximum Gasteiger partial charge on any atom is 0.408 e. The Bertz CT molecular complexity index is 655. The summed E-state index contributed by atoms with van der Waals surface area (Å²) in [6.07, 6.45) is -0.958. The van der Waals surface area contributed by atoms with Crippen LogP contribution in [0.5, 0.6) is 0 Å². The maximum absolute atomic E-state index is 11.9. The molecule has 23 heavy (non-hydrogen) atoms. The van der Waals surface area contributed by atoms with Crippen molar-refractivity contribution < 1.29 is 24.4 Å². The predicted molar refractivity (Wildman–Crippen MR) is 82.5 cm³/mol. The Labute approximate surface area is 137 Å². The van der Waals surface area contributed by atoms with E-state index in [9.17, 15) is 24.8 Å². The first-order chi connectivity index (χ1) is 10.4. The third-order valence-corrected chi connectivity index (χ3v) is 3.22. The smallest absolute Gasteiger partial charge is 0.408 e. The first-order valence-electron chi connectivity index (χ1n) is 6.56. The van der Waals surface area contributed by atoms with Gasteiger partial charge in [0.1, 0.15) is 10.6 Å². The first kappa shape index (κ1) is 18.7. The summed E-state index contributed by atoms with van der Waals surface area (Å²) in [5, 5.41) is 22.5. The standard InChI is InChI=1S/C14H17ClN2O6/c1-13(2,3)23-12(20)16-14(4,11(18)19)8-5-6-9(15)10(7-8)17(21)22/h5-7H,1-4H3,(H,16,20)(H,18,19)/t14-/m1/s1. The minimum atomic E-state index is -1.92. The van der Waals surface area contributed by atoms with E-state index in [2.05, 4.69) is 5.32 Å². The average molecular weight is 345 g/mol. The van der Waals surface area contributed by atoms with Crippen LogP contribution < -0.4 is 5.32 Å². The van der Waals surface area contributed by atoms with Crippen LogP contribution in [0.25, 0.3) is 0 Å². The van der Waals surface area contributed by atoms with Crippen LogP contribution in [0.3, 0.4) is 0 Å². The van der Waals surface area contributed by atoms with Crippen molar-refractivity contribution in [2.24, 2.45) is 0 Å². The molecule has 0 spiro atoms. The van der Waals surface area contributed by atoms with Crippen LogP contribution >= 0.6 is 11.6 Å². The number of rotatable bonds is 4. The zero-order valence-corrected chi connectivity index (χ0v) is 13.8. The SMILES string of the molecule is CC(C)(C)OC(=O)N[C@@](C)(C(=O)O)c1ccc(Cl)c([N+](=O)[O-])c1. The second kappa shape index (κ2) is 6.41. The second-order valence-corrected chi connectivity index (χ2v) is 6.39. The third-order valence-electron chi connectivity index (χ3n) is 2.90. The summed E-state index contributed by atoms with van der Waals surface area (Å²) in [7, 11) is 0. The number of hydrogen-bond acceptors (Lipinski definition) is 5. The molecule has 1 amide bonds. The minimum Gasteiger partial charge on any atom is -0.479 e. The van der Waals surface area contributed by atoms with Gasteiger partial charge in [0.05, 0.1) is 4.92 Å². The molecule has 0 unspecified atom stereocenters. The molecular weight excluding hydrogens is 328 g/mol. The molecule has 0 aromatic heterocycles. The predicted octanol–water partition coefficient (Wildman–Crippen LogP) is 3.07. The van der Waals surface area contributed by atoms with Gasteiger partial charge in [0.15, 0.2) is 5.54 Å². The van der Waals surface area contributed by atoms with Crippen molar-refractivity contribution in [2.75, 3.05) is 0 Å². The van der Waals surface area contributed by atoms with Crippen LogP contribution in [-0.2, 0) is 15.1 Å². The number of nitrogens with zero attached hydrogens (tertiary/aromatic N) is 1. The van der Waals surface area contributed by atoms with Crippen LogP contribution in [0.15, 0.2) is 18.2 Å². The number of carbonyl (C=O) groups is 2. The van der Waals surface area contributed by atoms with Crippen molar-refractivity contribution in [1.29, 1.82) is 0 Å². The lowest BCUT2D eigenvalue weighted by atomic mass is 9.92. The molecule has 0 aliphatic carbocycles. The van der Waals surface area contributed by atoms with Crippen LogP contribution in [0.1, 0.15) is 33.3 Å². The van der Waals surface area contributed by atoms with Crippen LogP contribution in [0.4, 0.5) is 10.5 Å². The molecule has 1 rings (SSSR count). The van der Waals surface area contributed by atoms with Crippen LogP contribution in [0, 0.1) is 10.1 Å². The molecule has 9 heteroatoms. The lowest BCUT2D eigenvalue weighted by Crippen LogP contribution is -2.51. The molecule has 1 aromatic carbocycles. The molecule has 0 aliphatic rings. The topological polar surface area (TPSA) is 119 Å². The van der Waals surface area contributed by atoms with E-state index >= 15 is 0 Å². The Morgan fingerprint density at radius 2 is 1.87 bits per heavy atom. The van der Waals surface area contributed by atoms with Gasteiger partial charge in [-0.15, -0.1) is 0 Å². The number of ether oxygens (including phenoxy) is 1. The number of hydrogen-bond donors (Lipinski definition) is 2. The Hall–Kier alpha value is -2.35. The molecule has 0 bridgehead atoms. The van der Waals surface area contributed by atoms with Gasteiger partial charge in [0.2, 0.25) is 0 Å². The van der Waals surface area contributed by atoms with Gasteiger partial charge in [0, 0.05) is 6.07 Å². The highest BCUT2D eigenvalue weighted by molar-refractivity contribution is 6.32. The zero-order valence-electron chi connectivity index (χ0n) is 13.0. The van der Waals surface area contributed by atoms with Crippen LogP contribution in [-0.4, -0.2) is 27.7 Å². The lowest BCUT2D eigenvalue weighted by molar-refractivity contribution is -0.384. The Morgan fingerprint density at radius 1 is 1.30 bits per heavy atom. The molecular formula is C14H17ClN2O6. The fraction of sp³-hybridized carbons (Fsp3) is 0.429. The summed E-state index contributed by atoms with van der Waals surface area (Å²) < 4.78 is 5.03. The molecule has 0 aliphatic heterocycles. The van der Waals surface area contributed by atoms with E-state index < -0.39 is 33.8 Å². The molecule has 1 aromatic rings. The van der Waals surface area contributed by atoms with Gasteiger partial charge in [-0.25, -0.2) is 9.59 Å². The lowest BCUT2D eigenvalue weighted by Gasteiger charge is -2.28. The number of alkyl carbamates (subject to hydrolysis) is 1. The Kier molecular flexibility index (Phi) is 5.21. The maximum atomic E-state index is 11.9. The molecule has 1 atom stereocenters. The summed E-state index contributed by atoms with van der Waals surface area (Å²) in [5.74, 6) is -1.40. The van der Waals surface area contributed by atoms with Gasteiger partial charge in [-0.2, -0.15) is 0 Å². The largest absolute Gasteiger partial charge is 0.479 e.